The summed E-state index contributed by atoms with van der Waals surface area (Å²) in [6, 6.07) is 5.92. The first-order chi connectivity index (χ1) is 12.5. The van der Waals surface area contributed by atoms with E-state index in [2.05, 4.69) is 5.32 Å². The Balaban J connectivity index is 1.67. The average molecular weight is 363 g/mol. The standard InChI is InChI=1S/C20H29NO5/c1-14-5-6-17(12-15(14)2)26-9-3-4-19(22)21-13-18(20(23)24)16-7-10-25-11-8-16/h5-6,12,16,18H,3-4,7-11,13H2,1-2H3,(H,21,22)(H,23,24). The van der Waals surface area contributed by atoms with Gasteiger partial charge in [-0.1, -0.05) is 6.07 Å². The molecule has 1 atom stereocenters. The quantitative estimate of drug-likeness (QED) is 0.659. The summed E-state index contributed by atoms with van der Waals surface area (Å²) in [5, 5.41) is 12.2. The molecule has 1 saturated heterocycles. The average Bonchev–Trinajstić information content (AvgIpc) is 2.62. The first-order valence-corrected chi connectivity index (χ1v) is 9.24. The van der Waals surface area contributed by atoms with Crippen molar-refractivity contribution < 1.29 is 24.2 Å². The molecule has 1 aromatic carbocycles. The van der Waals surface area contributed by atoms with E-state index in [-0.39, 0.29) is 18.4 Å². The Morgan fingerprint density at radius 3 is 2.65 bits per heavy atom. The first kappa shape index (κ1) is 20.2. The molecule has 144 valence electrons. The third kappa shape index (κ3) is 6.33. The molecule has 0 aliphatic carbocycles. The molecule has 2 N–H and O–H groups in total. The van der Waals surface area contributed by atoms with Crippen LogP contribution in [0.2, 0.25) is 0 Å². The van der Waals surface area contributed by atoms with Gasteiger partial charge in [0.05, 0.1) is 12.5 Å². The second-order valence-electron chi connectivity index (χ2n) is 6.90. The van der Waals surface area contributed by atoms with Crippen molar-refractivity contribution in [2.24, 2.45) is 11.8 Å². The first-order valence-electron chi connectivity index (χ1n) is 9.24. The van der Waals surface area contributed by atoms with Crippen LogP contribution in [0.15, 0.2) is 18.2 Å². The Labute approximate surface area is 154 Å². The number of benzene rings is 1. The number of rotatable bonds is 9. The van der Waals surface area contributed by atoms with Crippen LogP contribution in [-0.2, 0) is 14.3 Å². The van der Waals surface area contributed by atoms with Gasteiger partial charge in [-0.15, -0.1) is 0 Å². The van der Waals surface area contributed by atoms with Gasteiger partial charge in [0.2, 0.25) is 5.91 Å². The molecule has 26 heavy (non-hydrogen) atoms. The van der Waals surface area contributed by atoms with Crippen molar-refractivity contribution in [1.82, 2.24) is 5.32 Å². The van der Waals surface area contributed by atoms with Crippen LogP contribution in [0.3, 0.4) is 0 Å². The van der Waals surface area contributed by atoms with Gasteiger partial charge in [-0.2, -0.15) is 0 Å². The van der Waals surface area contributed by atoms with E-state index >= 15 is 0 Å². The monoisotopic (exact) mass is 363 g/mol. The van der Waals surface area contributed by atoms with Crippen LogP contribution in [0.1, 0.15) is 36.8 Å². The third-order valence-electron chi connectivity index (χ3n) is 4.97. The van der Waals surface area contributed by atoms with Crippen LogP contribution in [0.5, 0.6) is 5.75 Å². The Morgan fingerprint density at radius 1 is 1.27 bits per heavy atom. The van der Waals surface area contributed by atoms with Crippen molar-refractivity contribution in [3.63, 3.8) is 0 Å². The summed E-state index contributed by atoms with van der Waals surface area (Å²) in [4.78, 5) is 23.4. The fraction of sp³-hybridized carbons (Fsp3) is 0.600. The van der Waals surface area contributed by atoms with Crippen molar-refractivity contribution in [3.8, 4) is 5.75 Å². The molecular formula is C20H29NO5. The summed E-state index contributed by atoms with van der Waals surface area (Å²) in [6.45, 7) is 5.91. The summed E-state index contributed by atoms with van der Waals surface area (Å²) in [6.07, 6.45) is 2.38. The molecule has 0 radical (unpaired) electrons. The number of carboxylic acid groups (broad SMARTS) is 1. The fourth-order valence-corrected chi connectivity index (χ4v) is 3.11. The van der Waals surface area contributed by atoms with Gasteiger partial charge >= 0.3 is 5.97 Å². The summed E-state index contributed by atoms with van der Waals surface area (Å²) >= 11 is 0. The lowest BCUT2D eigenvalue weighted by Crippen LogP contribution is -2.39. The van der Waals surface area contributed by atoms with Crippen molar-refractivity contribution >= 4 is 11.9 Å². The van der Waals surface area contributed by atoms with E-state index in [1.54, 1.807) is 0 Å². The van der Waals surface area contributed by atoms with Gasteiger partial charge in [-0.05, 0) is 62.3 Å². The maximum absolute atomic E-state index is 12.0. The normalized spacial score (nSPS) is 16.1. The van der Waals surface area contributed by atoms with Crippen LogP contribution in [0.4, 0.5) is 0 Å². The number of carboxylic acids is 1. The number of hydrogen-bond acceptors (Lipinski definition) is 4. The number of hydrogen-bond donors (Lipinski definition) is 2. The minimum atomic E-state index is -0.852. The lowest BCUT2D eigenvalue weighted by molar-refractivity contribution is -0.145. The molecule has 1 fully saturated rings. The van der Waals surface area contributed by atoms with Crippen LogP contribution >= 0.6 is 0 Å². The molecule has 0 aromatic heterocycles. The number of amides is 1. The Kier molecular flexibility index (Phi) is 7.91. The highest BCUT2D eigenvalue weighted by atomic mass is 16.5. The molecule has 6 heteroatoms. The lowest BCUT2D eigenvalue weighted by Gasteiger charge is -2.27. The molecule has 0 spiro atoms. The van der Waals surface area contributed by atoms with E-state index in [4.69, 9.17) is 9.47 Å². The molecule has 2 rings (SSSR count). The minimum absolute atomic E-state index is 0.0645. The summed E-state index contributed by atoms with van der Waals surface area (Å²) in [5.74, 6) is -0.662. The molecule has 6 nitrogen and oxygen atoms in total. The van der Waals surface area contributed by atoms with Gasteiger partial charge in [0.25, 0.3) is 0 Å². The number of carbonyl (C=O) groups is 2. The van der Waals surface area contributed by atoms with E-state index in [9.17, 15) is 14.7 Å². The number of aryl methyl sites for hydroxylation is 2. The fourth-order valence-electron chi connectivity index (χ4n) is 3.11. The largest absolute Gasteiger partial charge is 0.494 e. The minimum Gasteiger partial charge on any atom is -0.494 e. The Hall–Kier alpha value is -2.08. The van der Waals surface area contributed by atoms with Gasteiger partial charge < -0.3 is 19.9 Å². The van der Waals surface area contributed by atoms with Crippen LogP contribution in [0, 0.1) is 25.7 Å². The molecule has 1 unspecified atom stereocenters. The number of nitrogens with one attached hydrogen (secondary N) is 1. The van der Waals surface area contributed by atoms with E-state index in [1.807, 2.05) is 32.0 Å². The predicted molar refractivity (Wildman–Crippen MR) is 98.3 cm³/mol. The van der Waals surface area contributed by atoms with Gasteiger partial charge in [-0.3, -0.25) is 9.59 Å². The summed E-state index contributed by atoms with van der Waals surface area (Å²) in [7, 11) is 0. The van der Waals surface area contributed by atoms with Crippen molar-refractivity contribution in [2.45, 2.75) is 39.5 Å². The maximum atomic E-state index is 12.0. The summed E-state index contributed by atoms with van der Waals surface area (Å²) < 4.78 is 10.9. The lowest BCUT2D eigenvalue weighted by atomic mass is 9.86. The zero-order valence-electron chi connectivity index (χ0n) is 15.6. The van der Waals surface area contributed by atoms with E-state index < -0.39 is 11.9 Å². The smallest absolute Gasteiger partial charge is 0.308 e. The van der Waals surface area contributed by atoms with Gasteiger partial charge in [0.15, 0.2) is 0 Å². The highest BCUT2D eigenvalue weighted by Crippen LogP contribution is 2.23. The van der Waals surface area contributed by atoms with Crippen LogP contribution < -0.4 is 10.1 Å². The van der Waals surface area contributed by atoms with Crippen molar-refractivity contribution in [2.75, 3.05) is 26.4 Å². The molecule has 0 bridgehead atoms. The van der Waals surface area contributed by atoms with Crippen molar-refractivity contribution in [1.29, 1.82) is 0 Å². The van der Waals surface area contributed by atoms with E-state index in [0.717, 1.165) is 18.6 Å². The molecule has 1 heterocycles. The van der Waals surface area contributed by atoms with E-state index in [1.165, 1.54) is 11.1 Å². The Morgan fingerprint density at radius 2 is 2.00 bits per heavy atom. The van der Waals surface area contributed by atoms with Crippen LogP contribution in [-0.4, -0.2) is 43.3 Å². The second-order valence-corrected chi connectivity index (χ2v) is 6.90. The number of carbonyl (C=O) groups excluding carboxylic acids is 1. The second kappa shape index (κ2) is 10.2. The van der Waals surface area contributed by atoms with Gasteiger partial charge in [0, 0.05) is 26.2 Å². The molecule has 1 aliphatic heterocycles. The molecule has 0 saturated carbocycles. The van der Waals surface area contributed by atoms with Crippen molar-refractivity contribution in [3.05, 3.63) is 29.3 Å². The predicted octanol–water partition coefficient (Wildman–Crippen LogP) is 2.71. The van der Waals surface area contributed by atoms with Gasteiger partial charge in [0.1, 0.15) is 5.75 Å². The third-order valence-corrected chi connectivity index (χ3v) is 4.97. The molecule has 1 aliphatic rings. The van der Waals surface area contributed by atoms with E-state index in [0.29, 0.717) is 32.7 Å². The molecule has 1 aromatic rings. The highest BCUT2D eigenvalue weighted by Gasteiger charge is 2.29. The SMILES string of the molecule is Cc1ccc(OCCCC(=O)NCC(C(=O)O)C2CCOCC2)cc1C. The van der Waals surface area contributed by atoms with Crippen LogP contribution in [0.25, 0.3) is 0 Å². The molecular weight excluding hydrogens is 334 g/mol. The highest BCUT2D eigenvalue weighted by molar-refractivity contribution is 5.77. The zero-order valence-corrected chi connectivity index (χ0v) is 15.6. The number of aliphatic carboxylic acids is 1. The zero-order chi connectivity index (χ0) is 18.9. The van der Waals surface area contributed by atoms with Gasteiger partial charge in [-0.25, -0.2) is 0 Å². The topological polar surface area (TPSA) is 84.9 Å². The molecule has 1 amide bonds. The summed E-state index contributed by atoms with van der Waals surface area (Å²) in [5.41, 5.74) is 2.39. The Bertz CT molecular complexity index is 610. The number of ether oxygens (including phenoxy) is 2. The maximum Gasteiger partial charge on any atom is 0.308 e.